The van der Waals surface area contributed by atoms with Gasteiger partial charge < -0.3 is 15.4 Å². The largest absolute Gasteiger partial charge is 0.462 e. The molecular weight excluding hydrogens is 434 g/mol. The van der Waals surface area contributed by atoms with Gasteiger partial charge >= 0.3 is 12.0 Å². The lowest BCUT2D eigenvalue weighted by Crippen LogP contribution is -2.19. The summed E-state index contributed by atoms with van der Waals surface area (Å²) in [4.78, 5) is 28.6. The molecule has 0 aliphatic rings. The van der Waals surface area contributed by atoms with E-state index in [1.54, 1.807) is 54.7 Å². The molecule has 0 spiro atoms. The first-order valence-corrected chi connectivity index (χ1v) is 10.7. The Morgan fingerprint density at radius 3 is 2.42 bits per heavy atom. The van der Waals surface area contributed by atoms with Gasteiger partial charge in [0.05, 0.1) is 27.4 Å². The molecule has 4 aromatic rings. The second kappa shape index (κ2) is 9.16. The quantitative estimate of drug-likeness (QED) is 0.342. The van der Waals surface area contributed by atoms with Crippen molar-refractivity contribution in [2.24, 2.45) is 0 Å². The number of anilines is 2. The molecule has 4 rings (SSSR count). The van der Waals surface area contributed by atoms with Crippen LogP contribution in [0.3, 0.4) is 0 Å². The van der Waals surface area contributed by atoms with Gasteiger partial charge in [-0.2, -0.15) is 0 Å². The lowest BCUT2D eigenvalue weighted by atomic mass is 10.2. The number of para-hydroxylation sites is 1. The number of amides is 2. The van der Waals surface area contributed by atoms with E-state index in [0.717, 1.165) is 20.8 Å². The summed E-state index contributed by atoms with van der Waals surface area (Å²) >= 11 is 8.02. The number of rotatable bonds is 5. The monoisotopic (exact) mass is 451 g/mol. The lowest BCUT2D eigenvalue weighted by molar-refractivity contribution is 0.0526. The van der Waals surface area contributed by atoms with Crippen LogP contribution >= 0.6 is 22.9 Å². The van der Waals surface area contributed by atoms with Crippen molar-refractivity contribution >= 4 is 56.5 Å². The second-order valence-corrected chi connectivity index (χ2v) is 8.00. The molecule has 0 saturated heterocycles. The van der Waals surface area contributed by atoms with Gasteiger partial charge in [0.2, 0.25) is 0 Å². The van der Waals surface area contributed by atoms with Crippen LogP contribution in [0.4, 0.5) is 16.2 Å². The molecule has 1 aromatic heterocycles. The molecule has 0 atom stereocenters. The molecule has 1 heterocycles. The first-order chi connectivity index (χ1) is 15.0. The molecule has 0 radical (unpaired) electrons. The minimum atomic E-state index is -0.423. The molecule has 31 heavy (non-hydrogen) atoms. The number of hydrogen-bond acceptors (Lipinski definition) is 5. The fraction of sp³-hybridized carbons (Fsp3) is 0.0870. The number of benzene rings is 3. The highest BCUT2D eigenvalue weighted by atomic mass is 35.5. The summed E-state index contributed by atoms with van der Waals surface area (Å²) in [6, 6.07) is 19.2. The normalized spacial score (nSPS) is 10.6. The number of thiazole rings is 1. The number of ether oxygens (including phenoxy) is 1. The molecule has 6 nitrogen and oxygen atoms in total. The number of nitrogens with zero attached hydrogens (tertiary/aromatic N) is 1. The van der Waals surface area contributed by atoms with Crippen LogP contribution in [0.5, 0.6) is 0 Å². The molecular formula is C23H18ClN3O3S. The highest BCUT2D eigenvalue weighted by Gasteiger charge is 2.12. The molecule has 0 aliphatic carbocycles. The summed E-state index contributed by atoms with van der Waals surface area (Å²) in [6.45, 7) is 2.05. The van der Waals surface area contributed by atoms with Crippen molar-refractivity contribution in [1.29, 1.82) is 0 Å². The van der Waals surface area contributed by atoms with Crippen LogP contribution in [0.1, 0.15) is 17.3 Å². The van der Waals surface area contributed by atoms with Crippen LogP contribution in [0.25, 0.3) is 20.8 Å². The maximum atomic E-state index is 12.3. The maximum absolute atomic E-state index is 12.3. The van der Waals surface area contributed by atoms with Crippen LogP contribution in [0, 0.1) is 0 Å². The number of fused-ring (bicyclic) bond motifs is 1. The van der Waals surface area contributed by atoms with Gasteiger partial charge in [-0.25, -0.2) is 14.6 Å². The summed E-state index contributed by atoms with van der Waals surface area (Å²) in [5.41, 5.74) is 3.25. The van der Waals surface area contributed by atoms with Crippen molar-refractivity contribution in [2.45, 2.75) is 6.92 Å². The Morgan fingerprint density at radius 1 is 1.00 bits per heavy atom. The van der Waals surface area contributed by atoms with Gasteiger partial charge in [0, 0.05) is 16.9 Å². The average Bonchev–Trinajstić information content (AvgIpc) is 3.18. The Bertz CT molecular complexity index is 1220. The molecule has 0 unspecified atom stereocenters. The first-order valence-electron chi connectivity index (χ1n) is 9.54. The minimum Gasteiger partial charge on any atom is -0.462 e. The fourth-order valence-electron chi connectivity index (χ4n) is 2.95. The molecule has 2 amide bonds. The molecule has 0 bridgehead atoms. The van der Waals surface area contributed by atoms with Gasteiger partial charge in [0.15, 0.2) is 0 Å². The van der Waals surface area contributed by atoms with Crippen molar-refractivity contribution in [2.75, 3.05) is 17.2 Å². The number of esters is 1. The highest BCUT2D eigenvalue weighted by Crippen LogP contribution is 2.35. The number of carbonyl (C=O) groups excluding carboxylic acids is 2. The van der Waals surface area contributed by atoms with Crippen molar-refractivity contribution < 1.29 is 14.3 Å². The molecule has 8 heteroatoms. The Morgan fingerprint density at radius 2 is 1.71 bits per heavy atom. The standard InChI is InChI=1S/C23H18ClN3O3S/c1-2-30-22(28)14-7-9-15(10-8-14)25-23(29)26-16-11-12-17(18(24)13-16)21-27-19-5-3-4-6-20(19)31-21/h3-13H,2H2,1H3,(H2,25,26,29). The number of aromatic nitrogens is 1. The van der Waals surface area contributed by atoms with E-state index in [2.05, 4.69) is 15.6 Å². The highest BCUT2D eigenvalue weighted by molar-refractivity contribution is 7.21. The van der Waals surface area contributed by atoms with Crippen molar-refractivity contribution in [3.05, 3.63) is 77.3 Å². The van der Waals surface area contributed by atoms with Gasteiger partial charge in [0.1, 0.15) is 5.01 Å². The van der Waals surface area contributed by atoms with Gasteiger partial charge in [0.25, 0.3) is 0 Å². The van der Waals surface area contributed by atoms with E-state index >= 15 is 0 Å². The summed E-state index contributed by atoms with van der Waals surface area (Å²) in [6.07, 6.45) is 0. The van der Waals surface area contributed by atoms with Gasteiger partial charge in [-0.15, -0.1) is 11.3 Å². The molecule has 0 fully saturated rings. The zero-order valence-electron chi connectivity index (χ0n) is 16.5. The first kappa shape index (κ1) is 20.8. The van der Waals surface area contributed by atoms with E-state index < -0.39 is 12.0 Å². The van der Waals surface area contributed by atoms with Crippen LogP contribution in [0.2, 0.25) is 5.02 Å². The van der Waals surface area contributed by atoms with E-state index in [0.29, 0.717) is 28.6 Å². The van der Waals surface area contributed by atoms with Crippen LogP contribution in [0.15, 0.2) is 66.7 Å². The van der Waals surface area contributed by atoms with E-state index in [4.69, 9.17) is 16.3 Å². The zero-order valence-corrected chi connectivity index (χ0v) is 18.1. The lowest BCUT2D eigenvalue weighted by Gasteiger charge is -2.10. The minimum absolute atomic E-state index is 0.307. The van der Waals surface area contributed by atoms with Crippen molar-refractivity contribution in [1.82, 2.24) is 4.98 Å². The zero-order chi connectivity index (χ0) is 21.8. The second-order valence-electron chi connectivity index (χ2n) is 6.56. The van der Waals surface area contributed by atoms with Gasteiger partial charge in [-0.3, -0.25) is 0 Å². The summed E-state index contributed by atoms with van der Waals surface area (Å²) in [5.74, 6) is -0.402. The number of nitrogens with one attached hydrogen (secondary N) is 2. The fourth-order valence-corrected chi connectivity index (χ4v) is 4.28. The smallest absolute Gasteiger partial charge is 0.338 e. The predicted molar refractivity (Wildman–Crippen MR) is 125 cm³/mol. The van der Waals surface area contributed by atoms with Crippen LogP contribution in [-0.4, -0.2) is 23.6 Å². The topological polar surface area (TPSA) is 80.3 Å². The van der Waals surface area contributed by atoms with E-state index in [9.17, 15) is 9.59 Å². The van der Waals surface area contributed by atoms with E-state index in [1.807, 2.05) is 30.3 Å². The van der Waals surface area contributed by atoms with Crippen LogP contribution < -0.4 is 10.6 Å². The third-order valence-electron chi connectivity index (χ3n) is 4.41. The van der Waals surface area contributed by atoms with Crippen LogP contribution in [-0.2, 0) is 4.74 Å². The molecule has 0 saturated carbocycles. The van der Waals surface area contributed by atoms with E-state index in [-0.39, 0.29) is 0 Å². The van der Waals surface area contributed by atoms with E-state index in [1.165, 1.54) is 0 Å². The third-order valence-corrected chi connectivity index (χ3v) is 5.79. The Kier molecular flexibility index (Phi) is 6.16. The number of urea groups is 1. The van der Waals surface area contributed by atoms with Gasteiger partial charge in [-0.05, 0) is 61.5 Å². The van der Waals surface area contributed by atoms with Crippen molar-refractivity contribution in [3.63, 3.8) is 0 Å². The summed E-state index contributed by atoms with van der Waals surface area (Å²) in [7, 11) is 0. The summed E-state index contributed by atoms with van der Waals surface area (Å²) < 4.78 is 6.03. The predicted octanol–water partition coefficient (Wildman–Crippen LogP) is 6.44. The van der Waals surface area contributed by atoms with Crippen molar-refractivity contribution in [3.8, 4) is 10.6 Å². The summed E-state index contributed by atoms with van der Waals surface area (Å²) in [5, 5.41) is 6.79. The van der Waals surface area contributed by atoms with Gasteiger partial charge in [-0.1, -0.05) is 23.7 Å². The Hall–Kier alpha value is -3.42. The average molecular weight is 452 g/mol. The Labute approximate surface area is 187 Å². The number of halogens is 1. The molecule has 156 valence electrons. The number of carbonyl (C=O) groups is 2. The maximum Gasteiger partial charge on any atom is 0.338 e. The SMILES string of the molecule is CCOC(=O)c1ccc(NC(=O)Nc2ccc(-c3nc4ccccc4s3)c(Cl)c2)cc1. The molecule has 0 aliphatic heterocycles. The number of hydrogen-bond donors (Lipinski definition) is 2. The Balaban J connectivity index is 1.43. The molecule has 3 aromatic carbocycles. The third kappa shape index (κ3) is 4.84. The molecule has 2 N–H and O–H groups in total.